The average molecular weight is 196 g/mol. The van der Waals surface area contributed by atoms with Gasteiger partial charge in [-0.3, -0.25) is 0 Å². The summed E-state index contributed by atoms with van der Waals surface area (Å²) >= 11 is 1.44. The van der Waals surface area contributed by atoms with Crippen molar-refractivity contribution in [1.29, 1.82) is 0 Å². The van der Waals surface area contributed by atoms with E-state index in [9.17, 15) is 9.90 Å². The van der Waals surface area contributed by atoms with Gasteiger partial charge in [0, 0.05) is 11.0 Å². The lowest BCUT2D eigenvalue weighted by Gasteiger charge is -2.14. The number of rotatable bonds is 2. The Morgan fingerprint density at radius 2 is 2.46 bits per heavy atom. The van der Waals surface area contributed by atoms with E-state index in [1.54, 1.807) is 6.08 Å². The lowest BCUT2D eigenvalue weighted by molar-refractivity contribution is -0.142. The van der Waals surface area contributed by atoms with E-state index >= 15 is 0 Å². The second-order valence-corrected chi connectivity index (χ2v) is 3.70. The van der Waals surface area contributed by atoms with Gasteiger partial charge in [0.05, 0.1) is 0 Å². The standard InChI is InChI=1S/C9H8O3S/c10-8-4-3-6(12-8)9(11)7-2-1-5-13-7/h1-6,9,11H. The first-order valence-corrected chi connectivity index (χ1v) is 4.75. The molecule has 0 radical (unpaired) electrons. The third kappa shape index (κ3) is 1.64. The number of hydrogen-bond donors (Lipinski definition) is 1. The molecule has 68 valence electrons. The fourth-order valence-corrected chi connectivity index (χ4v) is 1.92. The third-order valence-corrected chi connectivity index (χ3v) is 2.76. The molecule has 2 atom stereocenters. The van der Waals surface area contributed by atoms with Crippen LogP contribution in [0.1, 0.15) is 11.0 Å². The first-order valence-electron chi connectivity index (χ1n) is 3.87. The minimum atomic E-state index is -0.734. The highest BCUT2D eigenvalue weighted by molar-refractivity contribution is 7.10. The number of hydrogen-bond acceptors (Lipinski definition) is 4. The van der Waals surface area contributed by atoms with Crippen molar-refractivity contribution >= 4 is 17.3 Å². The zero-order valence-corrected chi connectivity index (χ0v) is 7.53. The Kier molecular flexibility index (Phi) is 2.16. The van der Waals surface area contributed by atoms with E-state index in [2.05, 4.69) is 0 Å². The van der Waals surface area contributed by atoms with Gasteiger partial charge in [-0.2, -0.15) is 0 Å². The zero-order chi connectivity index (χ0) is 9.26. The van der Waals surface area contributed by atoms with Crippen LogP contribution in [-0.4, -0.2) is 17.2 Å². The Labute approximate surface area is 79.3 Å². The molecule has 2 heterocycles. The van der Waals surface area contributed by atoms with E-state index in [4.69, 9.17) is 4.74 Å². The average Bonchev–Trinajstić information content (AvgIpc) is 2.72. The maximum Gasteiger partial charge on any atom is 0.331 e. The molecule has 2 unspecified atom stereocenters. The number of thiophene rings is 1. The lowest BCUT2D eigenvalue weighted by Crippen LogP contribution is -2.17. The second-order valence-electron chi connectivity index (χ2n) is 2.72. The van der Waals surface area contributed by atoms with Gasteiger partial charge in [0.15, 0.2) is 6.10 Å². The largest absolute Gasteiger partial charge is 0.452 e. The summed E-state index contributed by atoms with van der Waals surface area (Å²) in [6.07, 6.45) is 1.66. The number of esters is 1. The van der Waals surface area contributed by atoms with Crippen molar-refractivity contribution in [3.63, 3.8) is 0 Å². The Morgan fingerprint density at radius 1 is 1.62 bits per heavy atom. The first kappa shape index (κ1) is 8.47. The Balaban J connectivity index is 2.11. The minimum absolute atomic E-state index is 0.388. The fraction of sp³-hybridized carbons (Fsp3) is 0.222. The number of carbonyl (C=O) groups excluding carboxylic acids is 1. The predicted octanol–water partition coefficient (Wildman–Crippen LogP) is 1.26. The van der Waals surface area contributed by atoms with Gasteiger partial charge < -0.3 is 9.84 Å². The van der Waals surface area contributed by atoms with Gasteiger partial charge in [0.25, 0.3) is 0 Å². The molecule has 1 aromatic heterocycles. The summed E-state index contributed by atoms with van der Waals surface area (Å²) in [4.78, 5) is 11.5. The van der Waals surface area contributed by atoms with Crippen LogP contribution in [0.4, 0.5) is 0 Å². The summed E-state index contributed by atoms with van der Waals surface area (Å²) in [6, 6.07) is 3.67. The molecule has 2 rings (SSSR count). The molecular formula is C9H8O3S. The highest BCUT2D eigenvalue weighted by Gasteiger charge is 2.26. The van der Waals surface area contributed by atoms with Crippen LogP contribution in [0, 0.1) is 0 Å². The van der Waals surface area contributed by atoms with Crippen molar-refractivity contribution in [3.8, 4) is 0 Å². The first-order chi connectivity index (χ1) is 6.27. The van der Waals surface area contributed by atoms with Gasteiger partial charge in [-0.25, -0.2) is 4.79 Å². The summed E-state index contributed by atoms with van der Waals surface area (Å²) in [5.74, 6) is -0.388. The van der Waals surface area contributed by atoms with Crippen molar-refractivity contribution in [3.05, 3.63) is 34.5 Å². The summed E-state index contributed by atoms with van der Waals surface area (Å²) < 4.78 is 4.85. The van der Waals surface area contributed by atoms with Crippen LogP contribution in [0.25, 0.3) is 0 Å². The van der Waals surface area contributed by atoms with Crippen LogP contribution in [0.15, 0.2) is 29.7 Å². The van der Waals surface area contributed by atoms with Crippen LogP contribution in [0.2, 0.25) is 0 Å². The van der Waals surface area contributed by atoms with Crippen molar-refractivity contribution in [2.24, 2.45) is 0 Å². The monoisotopic (exact) mass is 196 g/mol. The number of ether oxygens (including phenoxy) is 1. The lowest BCUT2D eigenvalue weighted by atomic mass is 10.2. The summed E-state index contributed by atoms with van der Waals surface area (Å²) in [6.45, 7) is 0. The maximum atomic E-state index is 10.7. The van der Waals surface area contributed by atoms with Gasteiger partial charge in [-0.05, 0) is 17.5 Å². The van der Waals surface area contributed by atoms with Crippen LogP contribution in [0.5, 0.6) is 0 Å². The molecule has 1 aliphatic heterocycles. The molecule has 13 heavy (non-hydrogen) atoms. The Bertz CT molecular complexity index is 329. The smallest absolute Gasteiger partial charge is 0.331 e. The molecule has 3 nitrogen and oxygen atoms in total. The predicted molar refractivity (Wildman–Crippen MR) is 48.3 cm³/mol. The van der Waals surface area contributed by atoms with Crippen LogP contribution in [-0.2, 0) is 9.53 Å². The SMILES string of the molecule is O=C1C=CC(C(O)c2cccs2)O1. The topological polar surface area (TPSA) is 46.5 Å². The fourth-order valence-electron chi connectivity index (χ4n) is 1.18. The Morgan fingerprint density at radius 3 is 3.00 bits per heavy atom. The molecule has 0 saturated carbocycles. The number of aliphatic hydroxyl groups is 1. The van der Waals surface area contributed by atoms with Crippen molar-refractivity contribution in [2.45, 2.75) is 12.2 Å². The van der Waals surface area contributed by atoms with Gasteiger partial charge in [-0.15, -0.1) is 11.3 Å². The van der Waals surface area contributed by atoms with Gasteiger partial charge in [0.2, 0.25) is 0 Å². The number of cyclic esters (lactones) is 1. The van der Waals surface area contributed by atoms with Crippen LogP contribution >= 0.6 is 11.3 Å². The highest BCUT2D eigenvalue weighted by Crippen LogP contribution is 2.26. The molecule has 0 aromatic carbocycles. The van der Waals surface area contributed by atoms with Crippen LogP contribution < -0.4 is 0 Å². The van der Waals surface area contributed by atoms with E-state index in [1.807, 2.05) is 17.5 Å². The van der Waals surface area contributed by atoms with Crippen molar-refractivity contribution in [2.75, 3.05) is 0 Å². The molecule has 0 aliphatic carbocycles. The molecule has 0 saturated heterocycles. The molecule has 0 fully saturated rings. The van der Waals surface area contributed by atoms with E-state index in [1.165, 1.54) is 17.4 Å². The normalized spacial score (nSPS) is 23.2. The van der Waals surface area contributed by atoms with Gasteiger partial charge in [0.1, 0.15) is 6.10 Å². The molecule has 0 spiro atoms. The molecular weight excluding hydrogens is 188 g/mol. The molecule has 1 aliphatic rings. The van der Waals surface area contributed by atoms with E-state index in [0.29, 0.717) is 0 Å². The summed E-state index contributed by atoms with van der Waals surface area (Å²) in [7, 11) is 0. The molecule has 1 aromatic rings. The van der Waals surface area contributed by atoms with E-state index in [0.717, 1.165) is 4.88 Å². The van der Waals surface area contributed by atoms with Crippen LogP contribution in [0.3, 0.4) is 0 Å². The molecule has 1 N–H and O–H groups in total. The molecule has 0 bridgehead atoms. The van der Waals surface area contributed by atoms with Gasteiger partial charge in [-0.1, -0.05) is 6.07 Å². The van der Waals surface area contributed by atoms with Crippen molar-refractivity contribution < 1.29 is 14.6 Å². The number of aliphatic hydroxyl groups excluding tert-OH is 1. The third-order valence-electron chi connectivity index (χ3n) is 1.82. The second kappa shape index (κ2) is 3.32. The summed E-state index contributed by atoms with van der Waals surface area (Å²) in [5, 5.41) is 11.6. The van der Waals surface area contributed by atoms with Gasteiger partial charge >= 0.3 is 5.97 Å². The minimum Gasteiger partial charge on any atom is -0.452 e. The molecule has 4 heteroatoms. The quantitative estimate of drug-likeness (QED) is 0.724. The summed E-state index contributed by atoms with van der Waals surface area (Å²) in [5.41, 5.74) is 0. The highest BCUT2D eigenvalue weighted by atomic mass is 32.1. The van der Waals surface area contributed by atoms with E-state index in [-0.39, 0.29) is 5.97 Å². The molecule has 0 amide bonds. The Hall–Kier alpha value is -1.13. The zero-order valence-electron chi connectivity index (χ0n) is 6.71. The van der Waals surface area contributed by atoms with E-state index < -0.39 is 12.2 Å². The van der Waals surface area contributed by atoms with Crippen molar-refractivity contribution in [1.82, 2.24) is 0 Å². The number of carbonyl (C=O) groups is 1. The maximum absolute atomic E-state index is 10.7.